The van der Waals surface area contributed by atoms with E-state index in [1.807, 2.05) is 27.7 Å². The summed E-state index contributed by atoms with van der Waals surface area (Å²) in [6, 6.07) is 1.43. The van der Waals surface area contributed by atoms with E-state index in [1.54, 1.807) is 27.7 Å². The molecule has 0 unspecified atom stereocenters. The van der Waals surface area contributed by atoms with Crippen LogP contribution in [0.3, 0.4) is 0 Å². The minimum absolute atomic E-state index is 0.0837. The van der Waals surface area contributed by atoms with Crippen LogP contribution >= 0.6 is 0 Å². The van der Waals surface area contributed by atoms with E-state index in [4.69, 9.17) is 9.31 Å². The maximum atomic E-state index is 13.2. The van der Waals surface area contributed by atoms with Crippen molar-refractivity contribution in [2.45, 2.75) is 78.9 Å². The van der Waals surface area contributed by atoms with Crippen molar-refractivity contribution in [2.24, 2.45) is 0 Å². The molecular formula is C18H27BF6O2. The maximum Gasteiger partial charge on any atom is 0.495 e. The number of hydrogen-bond donors (Lipinski definition) is 0. The standard InChI is InChI=1S/C14H15BF6O2.2C2H6/c1-11(2)12(3,4)23-15(22-11)10-6-5-8(13(16,17)18)7-9(10)14(19,20)21;2*1-2/h5-7H,1-4H3;2*1-2H3. The summed E-state index contributed by atoms with van der Waals surface area (Å²) in [5.41, 5.74) is -5.05. The van der Waals surface area contributed by atoms with E-state index in [0.29, 0.717) is 6.07 Å². The van der Waals surface area contributed by atoms with Gasteiger partial charge in [0, 0.05) is 0 Å². The summed E-state index contributed by atoms with van der Waals surface area (Å²) in [5, 5.41) is 0. The van der Waals surface area contributed by atoms with Gasteiger partial charge in [-0.2, -0.15) is 26.3 Å². The maximum absolute atomic E-state index is 13.2. The largest absolute Gasteiger partial charge is 0.495 e. The third-order valence-electron chi connectivity index (χ3n) is 4.19. The van der Waals surface area contributed by atoms with Gasteiger partial charge in [-0.3, -0.25) is 0 Å². The lowest BCUT2D eigenvalue weighted by molar-refractivity contribution is -0.142. The Hall–Kier alpha value is -1.22. The molecule has 1 fully saturated rings. The molecule has 0 spiro atoms. The van der Waals surface area contributed by atoms with Gasteiger partial charge in [-0.05, 0) is 39.2 Å². The molecule has 1 saturated heterocycles. The fourth-order valence-electron chi connectivity index (χ4n) is 2.15. The summed E-state index contributed by atoms with van der Waals surface area (Å²) in [6.45, 7) is 14.6. The monoisotopic (exact) mass is 400 g/mol. The van der Waals surface area contributed by atoms with E-state index in [2.05, 4.69) is 0 Å². The molecule has 2 rings (SSSR count). The summed E-state index contributed by atoms with van der Waals surface area (Å²) in [5.74, 6) is 0. The zero-order valence-electron chi connectivity index (χ0n) is 16.9. The van der Waals surface area contributed by atoms with Crippen LogP contribution in [0, 0.1) is 0 Å². The molecule has 1 aromatic rings. The Morgan fingerprint density at radius 3 is 1.48 bits per heavy atom. The van der Waals surface area contributed by atoms with Gasteiger partial charge in [0.05, 0.1) is 22.3 Å². The Morgan fingerprint density at radius 1 is 0.741 bits per heavy atom. The van der Waals surface area contributed by atoms with Gasteiger partial charge in [0.2, 0.25) is 0 Å². The predicted octanol–water partition coefficient (Wildman–Crippen LogP) is 6.08. The number of hydrogen-bond acceptors (Lipinski definition) is 2. The molecule has 156 valence electrons. The lowest BCUT2D eigenvalue weighted by atomic mass is 9.75. The summed E-state index contributed by atoms with van der Waals surface area (Å²) in [4.78, 5) is 0. The predicted molar refractivity (Wildman–Crippen MR) is 94.9 cm³/mol. The first-order chi connectivity index (χ1) is 12.2. The van der Waals surface area contributed by atoms with Crippen molar-refractivity contribution in [3.05, 3.63) is 29.3 Å². The molecule has 0 radical (unpaired) electrons. The van der Waals surface area contributed by atoms with Crippen molar-refractivity contribution < 1.29 is 35.7 Å². The molecule has 2 nitrogen and oxygen atoms in total. The van der Waals surface area contributed by atoms with Crippen LogP contribution in [0.4, 0.5) is 26.3 Å². The number of rotatable bonds is 1. The SMILES string of the molecule is CC.CC.CC1(C)OB(c2ccc(C(F)(F)F)cc2C(F)(F)F)OC1(C)C. The van der Waals surface area contributed by atoms with Crippen molar-refractivity contribution >= 4 is 12.6 Å². The van der Waals surface area contributed by atoms with Crippen LogP contribution in [0.25, 0.3) is 0 Å². The minimum atomic E-state index is -4.96. The highest BCUT2D eigenvalue weighted by molar-refractivity contribution is 6.62. The van der Waals surface area contributed by atoms with Crippen LogP contribution in [0.2, 0.25) is 0 Å². The zero-order chi connectivity index (χ0) is 21.8. The molecule has 1 aliphatic heterocycles. The smallest absolute Gasteiger partial charge is 0.399 e. The number of benzene rings is 1. The van der Waals surface area contributed by atoms with E-state index in [9.17, 15) is 26.3 Å². The third-order valence-corrected chi connectivity index (χ3v) is 4.19. The zero-order valence-corrected chi connectivity index (χ0v) is 16.9. The van der Waals surface area contributed by atoms with Crippen LogP contribution < -0.4 is 5.46 Å². The molecule has 1 aliphatic rings. The molecule has 1 heterocycles. The summed E-state index contributed by atoms with van der Waals surface area (Å²) in [7, 11) is -1.39. The van der Waals surface area contributed by atoms with Gasteiger partial charge < -0.3 is 9.31 Å². The lowest BCUT2D eigenvalue weighted by Crippen LogP contribution is -2.41. The second-order valence-corrected chi connectivity index (χ2v) is 6.39. The van der Waals surface area contributed by atoms with Crippen LogP contribution in [-0.4, -0.2) is 18.3 Å². The lowest BCUT2D eigenvalue weighted by Gasteiger charge is -2.32. The molecule has 0 aromatic heterocycles. The topological polar surface area (TPSA) is 18.5 Å². The molecule has 0 atom stereocenters. The Kier molecular flexibility index (Phi) is 8.46. The van der Waals surface area contributed by atoms with Crippen molar-refractivity contribution in [3.63, 3.8) is 0 Å². The molecule has 0 saturated carbocycles. The molecule has 27 heavy (non-hydrogen) atoms. The fourth-order valence-corrected chi connectivity index (χ4v) is 2.15. The van der Waals surface area contributed by atoms with Crippen molar-refractivity contribution in [1.29, 1.82) is 0 Å². The van der Waals surface area contributed by atoms with Crippen LogP contribution in [0.1, 0.15) is 66.5 Å². The average molecular weight is 400 g/mol. The van der Waals surface area contributed by atoms with Gasteiger partial charge in [-0.25, -0.2) is 0 Å². The van der Waals surface area contributed by atoms with Gasteiger partial charge >= 0.3 is 19.5 Å². The van der Waals surface area contributed by atoms with Crippen LogP contribution in [0.15, 0.2) is 18.2 Å². The molecule has 9 heteroatoms. The quantitative estimate of drug-likeness (QED) is 0.421. The summed E-state index contributed by atoms with van der Waals surface area (Å²) in [6.07, 6.45) is -9.82. The van der Waals surface area contributed by atoms with E-state index in [1.165, 1.54) is 0 Å². The first-order valence-corrected chi connectivity index (χ1v) is 8.79. The van der Waals surface area contributed by atoms with E-state index >= 15 is 0 Å². The normalized spacial score (nSPS) is 18.2. The van der Waals surface area contributed by atoms with Crippen molar-refractivity contribution in [1.82, 2.24) is 0 Å². The Bertz CT molecular complexity index is 593. The molecule has 0 N–H and O–H groups in total. The van der Waals surface area contributed by atoms with E-state index < -0.39 is 47.3 Å². The molecule has 0 bridgehead atoms. The van der Waals surface area contributed by atoms with Gasteiger partial charge in [0.15, 0.2) is 0 Å². The van der Waals surface area contributed by atoms with E-state index in [-0.39, 0.29) is 6.07 Å². The summed E-state index contributed by atoms with van der Waals surface area (Å²) < 4.78 is 88.6. The highest BCUT2D eigenvalue weighted by atomic mass is 19.4. The Balaban J connectivity index is 0.00000158. The number of halogens is 6. The Labute approximate surface area is 157 Å². The van der Waals surface area contributed by atoms with Crippen LogP contribution in [0.5, 0.6) is 0 Å². The third kappa shape index (κ3) is 5.88. The Morgan fingerprint density at radius 2 is 1.15 bits per heavy atom. The molecular weight excluding hydrogens is 373 g/mol. The molecule has 0 amide bonds. The molecule has 0 aliphatic carbocycles. The van der Waals surface area contributed by atoms with E-state index in [0.717, 1.165) is 6.07 Å². The summed E-state index contributed by atoms with van der Waals surface area (Å²) >= 11 is 0. The fraction of sp³-hybridized carbons (Fsp3) is 0.667. The molecule has 1 aromatic carbocycles. The number of alkyl halides is 6. The van der Waals surface area contributed by atoms with Gasteiger partial charge in [0.25, 0.3) is 0 Å². The first-order valence-electron chi connectivity index (χ1n) is 8.79. The second kappa shape index (κ2) is 8.86. The average Bonchev–Trinajstić information content (AvgIpc) is 2.77. The van der Waals surface area contributed by atoms with Crippen LogP contribution in [-0.2, 0) is 21.7 Å². The van der Waals surface area contributed by atoms with Crippen molar-refractivity contribution in [2.75, 3.05) is 0 Å². The first kappa shape index (κ1) is 25.8. The van der Waals surface area contributed by atoms with Gasteiger partial charge in [0.1, 0.15) is 0 Å². The van der Waals surface area contributed by atoms with Crippen molar-refractivity contribution in [3.8, 4) is 0 Å². The highest BCUT2D eigenvalue weighted by Crippen LogP contribution is 2.39. The second-order valence-electron chi connectivity index (χ2n) is 6.39. The highest BCUT2D eigenvalue weighted by Gasteiger charge is 2.54. The van der Waals surface area contributed by atoms with Gasteiger partial charge in [-0.15, -0.1) is 0 Å². The minimum Gasteiger partial charge on any atom is -0.399 e. The van der Waals surface area contributed by atoms with Gasteiger partial charge in [-0.1, -0.05) is 39.8 Å².